The summed E-state index contributed by atoms with van der Waals surface area (Å²) in [5.74, 6) is -1.33. The highest BCUT2D eigenvalue weighted by Crippen LogP contribution is 2.53. The third kappa shape index (κ3) is 3.16. The third-order valence-corrected chi connectivity index (χ3v) is 6.54. The van der Waals surface area contributed by atoms with E-state index in [0.717, 1.165) is 18.7 Å². The summed E-state index contributed by atoms with van der Waals surface area (Å²) in [5.41, 5.74) is 0.700. The molecule has 1 aromatic heterocycles. The molecule has 3 atom stereocenters. The molecule has 0 unspecified atom stereocenters. The van der Waals surface area contributed by atoms with Gasteiger partial charge in [-0.1, -0.05) is 6.07 Å². The lowest BCUT2D eigenvalue weighted by molar-refractivity contribution is 0.0234. The number of rotatable bonds is 4. The number of carbonyl (C=O) groups is 1. The van der Waals surface area contributed by atoms with E-state index in [1.165, 1.54) is 23.5 Å². The normalized spacial score (nSPS) is 31.4. The number of carbonyl (C=O) groups excluding carboxylic acids is 1. The second-order valence-corrected chi connectivity index (χ2v) is 8.76. The predicted molar refractivity (Wildman–Crippen MR) is 103 cm³/mol. The number of thiazole rings is 1. The molecule has 1 aromatic carbocycles. The summed E-state index contributed by atoms with van der Waals surface area (Å²) < 4.78 is 50.6. The molecule has 5 nitrogen and oxygen atoms in total. The van der Waals surface area contributed by atoms with Crippen LogP contribution in [0.2, 0.25) is 0 Å². The first-order valence-electron chi connectivity index (χ1n) is 9.12. The molecule has 9 heteroatoms. The fourth-order valence-electron chi connectivity index (χ4n) is 4.00. The molecule has 2 aromatic rings. The number of hydrogen-bond acceptors (Lipinski definition) is 6. The maximum absolute atomic E-state index is 15.8. The molecule has 0 aliphatic carbocycles. The number of aliphatic imine (C=N–C) groups is 1. The second-order valence-electron chi connectivity index (χ2n) is 7.90. The largest absolute Gasteiger partial charge is 0.385 e. The van der Waals surface area contributed by atoms with Crippen LogP contribution in [0.3, 0.4) is 0 Å². The number of ether oxygens (including phenoxy) is 1. The van der Waals surface area contributed by atoms with E-state index in [1.54, 1.807) is 12.3 Å². The van der Waals surface area contributed by atoms with E-state index in [9.17, 15) is 13.6 Å². The maximum atomic E-state index is 15.8. The molecule has 0 spiro atoms. The van der Waals surface area contributed by atoms with Crippen LogP contribution in [0, 0.1) is 12.7 Å². The summed E-state index contributed by atoms with van der Waals surface area (Å²) in [4.78, 5) is 20.7. The quantitative estimate of drug-likeness (QED) is 0.765. The van der Waals surface area contributed by atoms with Gasteiger partial charge in [0, 0.05) is 29.5 Å². The molecule has 1 saturated heterocycles. The van der Waals surface area contributed by atoms with Gasteiger partial charge in [0.2, 0.25) is 0 Å². The van der Waals surface area contributed by atoms with Crippen molar-refractivity contribution in [2.75, 3.05) is 13.2 Å². The average Bonchev–Trinajstić information content (AvgIpc) is 3.20. The maximum Gasteiger partial charge on any atom is 0.195 e. The predicted octanol–water partition coefficient (Wildman–Crippen LogP) is 3.44. The van der Waals surface area contributed by atoms with E-state index in [4.69, 9.17) is 10.5 Å². The SMILES string of the molecule is Cc1csc(C(=O)Cc2ccc(F)c([C@]34COC[C@@]3(F)C[C@@](C)(F)C(N)=N4)c2)n1. The van der Waals surface area contributed by atoms with Gasteiger partial charge in [0.05, 0.1) is 13.2 Å². The lowest BCUT2D eigenvalue weighted by Crippen LogP contribution is -2.58. The molecular weight excluding hydrogens is 403 g/mol. The standard InChI is InChI=1S/C20H20F3N3O2S/c1-11-7-29-16(25-11)15(27)6-12-3-4-14(21)13(5-12)20-10-28-9-19(20,23)8-18(2,22)17(24)26-20/h3-5,7H,6,8-10H2,1-2H3,(H2,24,26)/t18-,19+,20-/m1/s1. The third-order valence-electron chi connectivity index (χ3n) is 5.54. The van der Waals surface area contributed by atoms with Crippen molar-refractivity contribution in [1.82, 2.24) is 4.98 Å². The Hall–Kier alpha value is -2.26. The second kappa shape index (κ2) is 6.63. The van der Waals surface area contributed by atoms with Gasteiger partial charge in [-0.15, -0.1) is 11.3 Å². The highest BCUT2D eigenvalue weighted by molar-refractivity contribution is 7.11. The first-order valence-corrected chi connectivity index (χ1v) is 10.00. The van der Waals surface area contributed by atoms with E-state index < -0.39 is 41.6 Å². The Balaban J connectivity index is 1.76. The van der Waals surface area contributed by atoms with Crippen LogP contribution in [0.1, 0.15) is 40.0 Å². The van der Waals surface area contributed by atoms with Crippen LogP contribution in [0.5, 0.6) is 0 Å². The highest BCUT2D eigenvalue weighted by atomic mass is 32.1. The molecule has 3 heterocycles. The van der Waals surface area contributed by atoms with Gasteiger partial charge in [0.1, 0.15) is 17.2 Å². The highest BCUT2D eigenvalue weighted by Gasteiger charge is 2.65. The smallest absolute Gasteiger partial charge is 0.195 e. The number of halogens is 3. The number of aryl methyl sites for hydroxylation is 1. The van der Waals surface area contributed by atoms with Crippen molar-refractivity contribution >= 4 is 23.0 Å². The summed E-state index contributed by atoms with van der Waals surface area (Å²) >= 11 is 1.23. The zero-order valence-corrected chi connectivity index (χ0v) is 16.8. The molecule has 2 aliphatic heterocycles. The number of aromatic nitrogens is 1. The molecule has 2 N–H and O–H groups in total. The van der Waals surface area contributed by atoms with E-state index in [0.29, 0.717) is 10.6 Å². The Morgan fingerprint density at radius 2 is 2.10 bits per heavy atom. The van der Waals surface area contributed by atoms with Gasteiger partial charge in [-0.2, -0.15) is 0 Å². The average molecular weight is 423 g/mol. The topological polar surface area (TPSA) is 77.6 Å². The van der Waals surface area contributed by atoms with Crippen LogP contribution < -0.4 is 5.73 Å². The van der Waals surface area contributed by atoms with Gasteiger partial charge in [0.15, 0.2) is 22.1 Å². The minimum Gasteiger partial charge on any atom is -0.385 e. The number of fused-ring (bicyclic) bond motifs is 1. The number of Topliss-reactive ketones (excluding diaryl/α,β-unsaturated/α-hetero) is 1. The first-order chi connectivity index (χ1) is 13.6. The summed E-state index contributed by atoms with van der Waals surface area (Å²) in [6.07, 6.45) is -0.618. The Labute approximate surface area is 169 Å². The van der Waals surface area contributed by atoms with Gasteiger partial charge in [0.25, 0.3) is 0 Å². The van der Waals surface area contributed by atoms with Crippen molar-refractivity contribution in [1.29, 1.82) is 0 Å². The van der Waals surface area contributed by atoms with E-state index >= 15 is 4.39 Å². The number of amidine groups is 1. The Kier molecular flexibility index (Phi) is 4.58. The van der Waals surface area contributed by atoms with Gasteiger partial charge in [-0.25, -0.2) is 18.2 Å². The van der Waals surface area contributed by atoms with Crippen molar-refractivity contribution in [2.45, 2.75) is 43.6 Å². The van der Waals surface area contributed by atoms with Gasteiger partial charge >= 0.3 is 0 Å². The fourth-order valence-corrected chi connectivity index (χ4v) is 4.73. The monoisotopic (exact) mass is 423 g/mol. The summed E-state index contributed by atoms with van der Waals surface area (Å²) in [7, 11) is 0. The van der Waals surface area contributed by atoms with Crippen molar-refractivity contribution < 1.29 is 22.7 Å². The zero-order chi connectivity index (χ0) is 21.0. The van der Waals surface area contributed by atoms with Crippen LogP contribution in [0.4, 0.5) is 13.2 Å². The van der Waals surface area contributed by atoms with Crippen LogP contribution in [-0.4, -0.2) is 41.2 Å². The number of nitrogens with two attached hydrogens (primary N) is 1. The van der Waals surface area contributed by atoms with E-state index in [-0.39, 0.29) is 24.4 Å². The number of ketones is 1. The molecule has 0 saturated carbocycles. The lowest BCUT2D eigenvalue weighted by atomic mass is 9.70. The Bertz CT molecular complexity index is 1020. The number of nitrogens with zero attached hydrogens (tertiary/aromatic N) is 2. The van der Waals surface area contributed by atoms with Gasteiger partial charge in [-0.3, -0.25) is 9.79 Å². The van der Waals surface area contributed by atoms with Gasteiger partial charge in [-0.05, 0) is 31.5 Å². The summed E-state index contributed by atoms with van der Waals surface area (Å²) in [6.45, 7) is 2.26. The molecule has 2 aliphatic rings. The molecule has 0 amide bonds. The first kappa shape index (κ1) is 20.0. The number of hydrogen-bond donors (Lipinski definition) is 1. The minimum absolute atomic E-state index is 0.0313. The van der Waals surface area contributed by atoms with Crippen molar-refractivity contribution in [3.63, 3.8) is 0 Å². The van der Waals surface area contributed by atoms with Gasteiger partial charge < -0.3 is 10.5 Å². The lowest BCUT2D eigenvalue weighted by Gasteiger charge is -2.43. The van der Waals surface area contributed by atoms with Crippen LogP contribution in [0.25, 0.3) is 0 Å². The molecule has 0 radical (unpaired) electrons. The number of benzene rings is 1. The van der Waals surface area contributed by atoms with E-state index in [1.807, 2.05) is 0 Å². The van der Waals surface area contributed by atoms with Crippen LogP contribution >= 0.6 is 11.3 Å². The van der Waals surface area contributed by atoms with Crippen LogP contribution in [-0.2, 0) is 16.7 Å². The van der Waals surface area contributed by atoms with Crippen molar-refractivity contribution in [3.05, 3.63) is 51.2 Å². The molecular formula is C20H20F3N3O2S. The molecule has 0 bridgehead atoms. The molecule has 29 heavy (non-hydrogen) atoms. The summed E-state index contributed by atoms with van der Waals surface area (Å²) in [5, 5.41) is 2.12. The Morgan fingerprint density at radius 3 is 2.79 bits per heavy atom. The van der Waals surface area contributed by atoms with Crippen molar-refractivity contribution in [2.24, 2.45) is 10.7 Å². The minimum atomic E-state index is -2.25. The van der Waals surface area contributed by atoms with Crippen molar-refractivity contribution in [3.8, 4) is 0 Å². The summed E-state index contributed by atoms with van der Waals surface area (Å²) in [6, 6.07) is 4.01. The fraction of sp³-hybridized carbons (Fsp3) is 0.450. The molecule has 4 rings (SSSR count). The Morgan fingerprint density at radius 1 is 1.34 bits per heavy atom. The number of alkyl halides is 2. The molecule has 1 fully saturated rings. The van der Waals surface area contributed by atoms with E-state index in [2.05, 4.69) is 9.98 Å². The molecule has 154 valence electrons. The zero-order valence-electron chi connectivity index (χ0n) is 16.0. The van der Waals surface area contributed by atoms with Crippen LogP contribution in [0.15, 0.2) is 28.6 Å².